The monoisotopic (exact) mass is 296 g/mol. The molecule has 4 heteroatoms. The number of methoxy groups -OCH3 is 1. The highest BCUT2D eigenvalue weighted by Gasteiger charge is 2.32. The molecule has 1 aliphatic heterocycles. The van der Waals surface area contributed by atoms with Crippen molar-refractivity contribution >= 4 is 5.91 Å². The molecule has 1 fully saturated rings. The number of carbonyl (C=O) groups excluding carboxylic acids is 1. The van der Waals surface area contributed by atoms with Crippen molar-refractivity contribution in [2.45, 2.75) is 25.8 Å². The maximum atomic E-state index is 12.9. The van der Waals surface area contributed by atoms with Gasteiger partial charge in [0.05, 0.1) is 13.2 Å². The number of ether oxygens (including phenoxy) is 1. The number of amides is 1. The van der Waals surface area contributed by atoms with Crippen LogP contribution < -0.4 is 4.74 Å². The number of aryl methyl sites for hydroxylation is 1. The Labute approximate surface area is 130 Å². The Morgan fingerprint density at radius 2 is 2.05 bits per heavy atom. The molecule has 1 unspecified atom stereocenters. The van der Waals surface area contributed by atoms with E-state index in [0.717, 1.165) is 19.4 Å². The summed E-state index contributed by atoms with van der Waals surface area (Å²) in [6.07, 6.45) is 3.65. The van der Waals surface area contributed by atoms with Crippen LogP contribution in [0.1, 0.15) is 40.4 Å². The summed E-state index contributed by atoms with van der Waals surface area (Å²) in [5, 5.41) is 0. The van der Waals surface area contributed by atoms with Gasteiger partial charge in [-0.05, 0) is 37.5 Å². The van der Waals surface area contributed by atoms with Crippen LogP contribution in [-0.2, 0) is 0 Å². The topological polar surface area (TPSA) is 42.4 Å². The molecule has 0 saturated carbocycles. The largest absolute Gasteiger partial charge is 0.480 e. The first-order chi connectivity index (χ1) is 10.7. The summed E-state index contributed by atoms with van der Waals surface area (Å²) < 4.78 is 5.22. The molecule has 0 aliphatic carbocycles. The van der Waals surface area contributed by atoms with Crippen LogP contribution in [0.25, 0.3) is 0 Å². The van der Waals surface area contributed by atoms with Gasteiger partial charge in [0.2, 0.25) is 5.88 Å². The number of hydrogen-bond acceptors (Lipinski definition) is 3. The summed E-state index contributed by atoms with van der Waals surface area (Å²) in [5.41, 5.74) is 2.96. The Morgan fingerprint density at radius 3 is 2.77 bits per heavy atom. The Morgan fingerprint density at radius 1 is 1.27 bits per heavy atom. The molecule has 1 atom stereocenters. The van der Waals surface area contributed by atoms with E-state index in [0.29, 0.717) is 11.4 Å². The molecule has 4 nitrogen and oxygen atoms in total. The fourth-order valence-corrected chi connectivity index (χ4v) is 3.02. The van der Waals surface area contributed by atoms with Gasteiger partial charge in [-0.3, -0.25) is 4.79 Å². The smallest absolute Gasteiger partial charge is 0.259 e. The second kappa shape index (κ2) is 6.18. The van der Waals surface area contributed by atoms with E-state index < -0.39 is 0 Å². The Kier molecular flexibility index (Phi) is 4.09. The van der Waals surface area contributed by atoms with Gasteiger partial charge in [-0.2, -0.15) is 0 Å². The Bertz CT molecular complexity index is 667. The standard InChI is InChI=1S/C18H20N2O2/c1-13-7-9-14(10-8-13)16-6-4-12-20(16)18(21)15-5-3-11-19-17(15)22-2/h3,5,7-11,16H,4,6,12H2,1-2H3. The van der Waals surface area contributed by atoms with Gasteiger partial charge in [0.1, 0.15) is 5.56 Å². The van der Waals surface area contributed by atoms with Crippen molar-refractivity contribution in [2.75, 3.05) is 13.7 Å². The van der Waals surface area contributed by atoms with Gasteiger partial charge in [0, 0.05) is 12.7 Å². The van der Waals surface area contributed by atoms with Crippen molar-refractivity contribution in [3.05, 3.63) is 59.3 Å². The van der Waals surface area contributed by atoms with Gasteiger partial charge in [-0.25, -0.2) is 4.98 Å². The number of pyridine rings is 1. The lowest BCUT2D eigenvalue weighted by Gasteiger charge is -2.25. The third kappa shape index (κ3) is 2.69. The van der Waals surface area contributed by atoms with Gasteiger partial charge in [-0.15, -0.1) is 0 Å². The first kappa shape index (κ1) is 14.6. The zero-order valence-corrected chi connectivity index (χ0v) is 13.0. The molecule has 0 N–H and O–H groups in total. The summed E-state index contributed by atoms with van der Waals surface area (Å²) in [4.78, 5) is 18.9. The fourth-order valence-electron chi connectivity index (χ4n) is 3.02. The van der Waals surface area contributed by atoms with E-state index in [1.807, 2.05) is 4.90 Å². The van der Waals surface area contributed by atoms with Crippen LogP contribution in [0.15, 0.2) is 42.6 Å². The highest BCUT2D eigenvalue weighted by atomic mass is 16.5. The fraction of sp³-hybridized carbons (Fsp3) is 0.333. The number of hydrogen-bond donors (Lipinski definition) is 0. The minimum Gasteiger partial charge on any atom is -0.480 e. The molecule has 1 amide bonds. The highest BCUT2D eigenvalue weighted by molar-refractivity contribution is 5.96. The zero-order chi connectivity index (χ0) is 15.5. The average Bonchev–Trinajstić information content (AvgIpc) is 3.04. The van der Waals surface area contributed by atoms with E-state index in [2.05, 4.69) is 36.2 Å². The first-order valence-corrected chi connectivity index (χ1v) is 7.57. The molecule has 3 rings (SSSR count). The van der Waals surface area contributed by atoms with Crippen LogP contribution in [0.5, 0.6) is 5.88 Å². The summed E-state index contributed by atoms with van der Waals surface area (Å²) in [7, 11) is 1.54. The van der Waals surface area contributed by atoms with Crippen LogP contribution in [0, 0.1) is 6.92 Å². The van der Waals surface area contributed by atoms with Crippen molar-refractivity contribution < 1.29 is 9.53 Å². The first-order valence-electron chi connectivity index (χ1n) is 7.57. The Balaban J connectivity index is 1.89. The maximum absolute atomic E-state index is 12.9. The van der Waals surface area contributed by atoms with Crippen molar-refractivity contribution in [1.29, 1.82) is 0 Å². The second-order valence-electron chi connectivity index (χ2n) is 5.63. The summed E-state index contributed by atoms with van der Waals surface area (Å²) in [6.45, 7) is 2.84. The van der Waals surface area contributed by atoms with Crippen LogP contribution in [0.3, 0.4) is 0 Å². The molecule has 1 aromatic carbocycles. The highest BCUT2D eigenvalue weighted by Crippen LogP contribution is 2.34. The van der Waals surface area contributed by atoms with Gasteiger partial charge in [0.25, 0.3) is 5.91 Å². The van der Waals surface area contributed by atoms with Crippen LogP contribution >= 0.6 is 0 Å². The minimum atomic E-state index is -0.00646. The van der Waals surface area contributed by atoms with E-state index in [9.17, 15) is 4.79 Å². The van der Waals surface area contributed by atoms with Crippen molar-refractivity contribution in [3.8, 4) is 5.88 Å². The van der Waals surface area contributed by atoms with E-state index >= 15 is 0 Å². The molecular weight excluding hydrogens is 276 g/mol. The van der Waals surface area contributed by atoms with E-state index in [4.69, 9.17) is 4.74 Å². The molecule has 0 radical (unpaired) electrons. The Hall–Kier alpha value is -2.36. The lowest BCUT2D eigenvalue weighted by Crippen LogP contribution is -2.31. The molecule has 1 aliphatic rings. The number of likely N-dealkylation sites (tertiary alicyclic amines) is 1. The normalized spacial score (nSPS) is 17.5. The van der Waals surface area contributed by atoms with E-state index in [1.54, 1.807) is 25.4 Å². The van der Waals surface area contributed by atoms with E-state index in [-0.39, 0.29) is 11.9 Å². The molecule has 114 valence electrons. The second-order valence-corrected chi connectivity index (χ2v) is 5.63. The molecule has 1 aromatic heterocycles. The lowest BCUT2D eigenvalue weighted by atomic mass is 10.0. The molecule has 1 saturated heterocycles. The molecule has 0 bridgehead atoms. The van der Waals surface area contributed by atoms with Gasteiger partial charge < -0.3 is 9.64 Å². The van der Waals surface area contributed by atoms with Crippen molar-refractivity contribution in [2.24, 2.45) is 0 Å². The number of rotatable bonds is 3. The van der Waals surface area contributed by atoms with Crippen LogP contribution in [0.2, 0.25) is 0 Å². The van der Waals surface area contributed by atoms with Crippen molar-refractivity contribution in [3.63, 3.8) is 0 Å². The zero-order valence-electron chi connectivity index (χ0n) is 13.0. The number of carbonyl (C=O) groups is 1. The summed E-state index contributed by atoms with van der Waals surface area (Å²) >= 11 is 0. The van der Waals surface area contributed by atoms with Crippen molar-refractivity contribution in [1.82, 2.24) is 9.88 Å². The molecule has 22 heavy (non-hydrogen) atoms. The SMILES string of the molecule is COc1ncccc1C(=O)N1CCCC1c1ccc(C)cc1. The summed E-state index contributed by atoms with van der Waals surface area (Å²) in [6, 6.07) is 12.1. The quantitative estimate of drug-likeness (QED) is 0.872. The third-order valence-electron chi connectivity index (χ3n) is 4.17. The van der Waals surface area contributed by atoms with Gasteiger partial charge in [0.15, 0.2) is 0 Å². The lowest BCUT2D eigenvalue weighted by molar-refractivity contribution is 0.0731. The molecule has 0 spiro atoms. The number of benzene rings is 1. The number of aromatic nitrogens is 1. The minimum absolute atomic E-state index is 0.00646. The third-order valence-corrected chi connectivity index (χ3v) is 4.17. The van der Waals surface area contributed by atoms with Crippen LogP contribution in [0.4, 0.5) is 0 Å². The van der Waals surface area contributed by atoms with Gasteiger partial charge >= 0.3 is 0 Å². The maximum Gasteiger partial charge on any atom is 0.259 e. The molecular formula is C18H20N2O2. The van der Waals surface area contributed by atoms with Gasteiger partial charge in [-0.1, -0.05) is 29.8 Å². The summed E-state index contributed by atoms with van der Waals surface area (Å²) in [5.74, 6) is 0.384. The van der Waals surface area contributed by atoms with Crippen LogP contribution in [-0.4, -0.2) is 29.4 Å². The average molecular weight is 296 g/mol. The number of nitrogens with zero attached hydrogens (tertiary/aromatic N) is 2. The predicted molar refractivity (Wildman–Crippen MR) is 85.0 cm³/mol. The molecule has 2 aromatic rings. The van der Waals surface area contributed by atoms with E-state index in [1.165, 1.54) is 11.1 Å². The molecule has 2 heterocycles. The predicted octanol–water partition coefficient (Wildman–Crippen LogP) is 3.38.